The van der Waals surface area contributed by atoms with Crippen LogP contribution in [0, 0.1) is 6.92 Å². The van der Waals surface area contributed by atoms with E-state index in [0.717, 1.165) is 16.7 Å². The number of nitrogens with one attached hydrogen (secondary N) is 3. The smallest absolute Gasteiger partial charge is 0.341 e. The summed E-state index contributed by atoms with van der Waals surface area (Å²) in [6, 6.07) is 16.3. The Morgan fingerprint density at radius 2 is 1.91 bits per heavy atom. The number of carbonyl (C=O) groups is 1. The predicted octanol–water partition coefficient (Wildman–Crippen LogP) is 2.00. The van der Waals surface area contributed by atoms with Gasteiger partial charge in [-0.2, -0.15) is 0 Å². The van der Waals surface area contributed by atoms with Gasteiger partial charge in [-0.3, -0.25) is 9.78 Å². The Morgan fingerprint density at radius 3 is 2.57 bits per heavy atom. The predicted molar refractivity (Wildman–Crippen MR) is 87.0 cm³/mol. The van der Waals surface area contributed by atoms with E-state index in [1.54, 1.807) is 0 Å². The van der Waals surface area contributed by atoms with E-state index in [4.69, 9.17) is 0 Å². The molecule has 0 spiro atoms. The van der Waals surface area contributed by atoms with Crippen LogP contribution in [0.15, 0.2) is 53.3 Å². The standard InChI is InChI=1S/C17H16N4O2/c1-11-3-2-4-14(9-11)13-7-5-12(6-8-13)10-18-16(22)15-19-17(23)21-20-15/h2-9H,10H2,1H3,(H,18,22)(H2,19,20,21,23). The maximum absolute atomic E-state index is 11.8. The van der Waals surface area contributed by atoms with Crippen molar-refractivity contribution in [1.82, 2.24) is 20.5 Å². The number of H-pyrrole nitrogens is 2. The third kappa shape index (κ3) is 3.55. The summed E-state index contributed by atoms with van der Waals surface area (Å²) >= 11 is 0. The van der Waals surface area contributed by atoms with Gasteiger partial charge in [0.15, 0.2) is 0 Å². The molecule has 0 bridgehead atoms. The van der Waals surface area contributed by atoms with Gasteiger partial charge in [0, 0.05) is 6.54 Å². The monoisotopic (exact) mass is 308 g/mol. The van der Waals surface area contributed by atoms with Gasteiger partial charge in [0.05, 0.1) is 0 Å². The van der Waals surface area contributed by atoms with Gasteiger partial charge in [-0.05, 0) is 23.6 Å². The first kappa shape index (κ1) is 14.8. The number of rotatable bonds is 4. The van der Waals surface area contributed by atoms with E-state index in [0.29, 0.717) is 6.54 Å². The van der Waals surface area contributed by atoms with E-state index in [2.05, 4.69) is 45.6 Å². The van der Waals surface area contributed by atoms with Crippen LogP contribution in [0.4, 0.5) is 0 Å². The number of amides is 1. The maximum atomic E-state index is 11.8. The first-order chi connectivity index (χ1) is 11.1. The van der Waals surface area contributed by atoms with E-state index in [1.807, 2.05) is 30.3 Å². The Bertz CT molecular complexity index is 878. The minimum absolute atomic E-state index is 0.0219. The van der Waals surface area contributed by atoms with Crippen LogP contribution in [0.25, 0.3) is 11.1 Å². The van der Waals surface area contributed by atoms with Crippen molar-refractivity contribution in [2.24, 2.45) is 0 Å². The Balaban J connectivity index is 1.66. The molecule has 3 rings (SSSR count). The molecule has 0 radical (unpaired) electrons. The average molecular weight is 308 g/mol. The van der Waals surface area contributed by atoms with Gasteiger partial charge in [0.25, 0.3) is 5.91 Å². The fourth-order valence-corrected chi connectivity index (χ4v) is 2.28. The van der Waals surface area contributed by atoms with Gasteiger partial charge in [0.2, 0.25) is 5.82 Å². The van der Waals surface area contributed by atoms with E-state index in [1.165, 1.54) is 5.56 Å². The first-order valence-electron chi connectivity index (χ1n) is 7.21. The third-order valence-corrected chi connectivity index (χ3v) is 3.47. The van der Waals surface area contributed by atoms with Gasteiger partial charge in [-0.1, -0.05) is 54.1 Å². The lowest BCUT2D eigenvalue weighted by Crippen LogP contribution is -2.24. The fraction of sp³-hybridized carbons (Fsp3) is 0.118. The zero-order valence-corrected chi connectivity index (χ0v) is 12.6. The summed E-state index contributed by atoms with van der Waals surface area (Å²) in [7, 11) is 0. The molecule has 3 aromatic rings. The number of aryl methyl sites for hydroxylation is 1. The largest absolute Gasteiger partial charge is 0.345 e. The van der Waals surface area contributed by atoms with Crippen LogP contribution in [0.2, 0.25) is 0 Å². The summed E-state index contributed by atoms with van der Waals surface area (Å²) in [6.45, 7) is 2.43. The molecule has 0 saturated carbocycles. The molecule has 0 saturated heterocycles. The average Bonchev–Trinajstić information content (AvgIpc) is 3.00. The van der Waals surface area contributed by atoms with Crippen LogP contribution in [0.1, 0.15) is 21.7 Å². The Labute approximate surface area is 132 Å². The summed E-state index contributed by atoms with van der Waals surface area (Å²) in [5.74, 6) is -0.447. The third-order valence-electron chi connectivity index (χ3n) is 3.47. The Morgan fingerprint density at radius 1 is 1.13 bits per heavy atom. The van der Waals surface area contributed by atoms with Crippen molar-refractivity contribution in [1.29, 1.82) is 0 Å². The first-order valence-corrected chi connectivity index (χ1v) is 7.21. The van der Waals surface area contributed by atoms with Gasteiger partial charge in [-0.25, -0.2) is 9.89 Å². The van der Waals surface area contributed by atoms with Crippen molar-refractivity contribution in [2.75, 3.05) is 0 Å². The molecule has 6 heteroatoms. The molecule has 0 atom stereocenters. The second-order valence-electron chi connectivity index (χ2n) is 5.28. The molecule has 116 valence electrons. The Kier molecular flexibility index (Phi) is 4.05. The normalized spacial score (nSPS) is 10.5. The second-order valence-corrected chi connectivity index (χ2v) is 5.28. The molecule has 1 aromatic heterocycles. The highest BCUT2D eigenvalue weighted by atomic mass is 16.2. The minimum Gasteiger partial charge on any atom is -0.345 e. The van der Waals surface area contributed by atoms with E-state index in [9.17, 15) is 9.59 Å². The highest BCUT2D eigenvalue weighted by Gasteiger charge is 2.09. The molecule has 0 aliphatic rings. The van der Waals surface area contributed by atoms with E-state index >= 15 is 0 Å². The zero-order valence-electron chi connectivity index (χ0n) is 12.6. The molecule has 0 aliphatic carbocycles. The number of nitrogens with zero attached hydrogens (tertiary/aromatic N) is 1. The van der Waals surface area contributed by atoms with Crippen LogP contribution in [0.3, 0.4) is 0 Å². The molecule has 1 amide bonds. The molecular formula is C17H16N4O2. The van der Waals surface area contributed by atoms with E-state index < -0.39 is 11.6 Å². The molecule has 3 N–H and O–H groups in total. The van der Waals surface area contributed by atoms with Crippen LogP contribution >= 0.6 is 0 Å². The number of aromatic nitrogens is 3. The lowest BCUT2D eigenvalue weighted by atomic mass is 10.0. The molecule has 2 aromatic carbocycles. The van der Waals surface area contributed by atoms with Gasteiger partial charge < -0.3 is 5.32 Å². The quantitative estimate of drug-likeness (QED) is 0.688. The number of hydrogen-bond acceptors (Lipinski definition) is 3. The molecule has 0 unspecified atom stereocenters. The second kappa shape index (κ2) is 6.31. The molecule has 23 heavy (non-hydrogen) atoms. The molecule has 1 heterocycles. The molecule has 0 aliphatic heterocycles. The summed E-state index contributed by atoms with van der Waals surface area (Å²) in [5, 5.41) is 8.45. The lowest BCUT2D eigenvalue weighted by molar-refractivity contribution is 0.0941. The lowest BCUT2D eigenvalue weighted by Gasteiger charge is -2.06. The van der Waals surface area contributed by atoms with Crippen LogP contribution in [0.5, 0.6) is 0 Å². The summed E-state index contributed by atoms with van der Waals surface area (Å²) in [4.78, 5) is 25.0. The van der Waals surface area contributed by atoms with Crippen molar-refractivity contribution in [3.8, 4) is 11.1 Å². The van der Waals surface area contributed by atoms with Gasteiger partial charge in [0.1, 0.15) is 0 Å². The SMILES string of the molecule is Cc1cccc(-c2ccc(CNC(=O)c3n[nH]c(=O)[nH]3)cc2)c1. The molecular weight excluding hydrogens is 292 g/mol. The highest BCUT2D eigenvalue weighted by Crippen LogP contribution is 2.20. The van der Waals surface area contributed by atoms with Gasteiger partial charge >= 0.3 is 5.69 Å². The Hall–Kier alpha value is -3.15. The summed E-state index contributed by atoms with van der Waals surface area (Å²) in [6.07, 6.45) is 0. The van der Waals surface area contributed by atoms with Gasteiger partial charge in [-0.15, -0.1) is 5.10 Å². The van der Waals surface area contributed by atoms with Crippen molar-refractivity contribution in [2.45, 2.75) is 13.5 Å². The van der Waals surface area contributed by atoms with Crippen molar-refractivity contribution < 1.29 is 4.79 Å². The van der Waals surface area contributed by atoms with Crippen molar-refractivity contribution in [3.63, 3.8) is 0 Å². The molecule has 0 fully saturated rings. The summed E-state index contributed by atoms with van der Waals surface area (Å²) < 4.78 is 0. The van der Waals surface area contributed by atoms with Crippen LogP contribution in [-0.4, -0.2) is 21.1 Å². The zero-order chi connectivity index (χ0) is 16.2. The van der Waals surface area contributed by atoms with Crippen molar-refractivity contribution in [3.05, 3.63) is 76.0 Å². The van der Waals surface area contributed by atoms with E-state index in [-0.39, 0.29) is 5.82 Å². The van der Waals surface area contributed by atoms with Crippen LogP contribution < -0.4 is 11.0 Å². The minimum atomic E-state index is -0.502. The topological polar surface area (TPSA) is 90.6 Å². The number of aromatic amines is 2. The fourth-order valence-electron chi connectivity index (χ4n) is 2.28. The number of hydrogen-bond donors (Lipinski definition) is 3. The summed E-state index contributed by atoms with van der Waals surface area (Å²) in [5.41, 5.74) is 3.97. The number of carbonyl (C=O) groups excluding carboxylic acids is 1. The number of benzene rings is 2. The van der Waals surface area contributed by atoms with Crippen molar-refractivity contribution >= 4 is 5.91 Å². The maximum Gasteiger partial charge on any atom is 0.341 e. The van der Waals surface area contributed by atoms with Crippen LogP contribution in [-0.2, 0) is 6.54 Å². The highest BCUT2D eigenvalue weighted by molar-refractivity contribution is 5.90. The molecule has 6 nitrogen and oxygen atoms in total.